The molecule has 1 aromatic carbocycles. The van der Waals surface area contributed by atoms with Crippen molar-refractivity contribution in [2.45, 2.75) is 24.9 Å². The van der Waals surface area contributed by atoms with Crippen molar-refractivity contribution < 1.29 is 23.9 Å². The third-order valence-electron chi connectivity index (χ3n) is 3.04. The lowest BCUT2D eigenvalue weighted by Crippen LogP contribution is -2.50. The van der Waals surface area contributed by atoms with Gasteiger partial charge in [-0.3, -0.25) is 9.59 Å². The standard InChI is InChI=1S/C15H20N2O5/c1-21-13(18)9-12(15(20)22-2)17-14(19)11(16)8-10-6-4-3-5-7-10/h3-7,11-12H,8-9,16H2,1-2H3,(H,17,19)/t11-,12+/m1/s1. The summed E-state index contributed by atoms with van der Waals surface area (Å²) in [5.41, 5.74) is 6.72. The Hall–Kier alpha value is -2.41. The number of nitrogens with two attached hydrogens (primary N) is 1. The summed E-state index contributed by atoms with van der Waals surface area (Å²) < 4.78 is 9.04. The molecule has 0 saturated carbocycles. The third kappa shape index (κ3) is 5.53. The normalized spacial score (nSPS) is 12.9. The molecule has 0 bridgehead atoms. The van der Waals surface area contributed by atoms with E-state index in [9.17, 15) is 14.4 Å². The third-order valence-corrected chi connectivity index (χ3v) is 3.04. The molecule has 1 aromatic rings. The highest BCUT2D eigenvalue weighted by Crippen LogP contribution is 2.03. The molecule has 120 valence electrons. The van der Waals surface area contributed by atoms with Crippen molar-refractivity contribution in [3.63, 3.8) is 0 Å². The van der Waals surface area contributed by atoms with Gasteiger partial charge in [-0.25, -0.2) is 4.79 Å². The van der Waals surface area contributed by atoms with Gasteiger partial charge in [0, 0.05) is 0 Å². The van der Waals surface area contributed by atoms with E-state index in [4.69, 9.17) is 5.73 Å². The summed E-state index contributed by atoms with van der Waals surface area (Å²) in [5, 5.41) is 2.41. The molecule has 0 saturated heterocycles. The number of nitrogens with one attached hydrogen (secondary N) is 1. The Balaban J connectivity index is 2.65. The fraction of sp³-hybridized carbons (Fsp3) is 0.400. The lowest BCUT2D eigenvalue weighted by Gasteiger charge is -2.18. The van der Waals surface area contributed by atoms with Crippen LogP contribution in [0.15, 0.2) is 30.3 Å². The van der Waals surface area contributed by atoms with Gasteiger partial charge in [0.2, 0.25) is 5.91 Å². The number of amides is 1. The number of benzene rings is 1. The van der Waals surface area contributed by atoms with Crippen LogP contribution in [0, 0.1) is 0 Å². The van der Waals surface area contributed by atoms with E-state index in [1.807, 2.05) is 30.3 Å². The average Bonchev–Trinajstić information content (AvgIpc) is 2.53. The van der Waals surface area contributed by atoms with E-state index in [1.165, 1.54) is 14.2 Å². The van der Waals surface area contributed by atoms with Crippen LogP contribution in [0.5, 0.6) is 0 Å². The van der Waals surface area contributed by atoms with Crippen LogP contribution in [0.25, 0.3) is 0 Å². The second-order valence-electron chi connectivity index (χ2n) is 4.66. The zero-order chi connectivity index (χ0) is 16.5. The summed E-state index contributed by atoms with van der Waals surface area (Å²) >= 11 is 0. The average molecular weight is 308 g/mol. The minimum Gasteiger partial charge on any atom is -0.469 e. The van der Waals surface area contributed by atoms with Gasteiger partial charge in [0.05, 0.1) is 26.7 Å². The fourth-order valence-electron chi connectivity index (χ4n) is 1.83. The molecule has 1 rings (SSSR count). The lowest BCUT2D eigenvalue weighted by molar-refractivity contribution is -0.150. The molecule has 0 aromatic heterocycles. The fourth-order valence-corrected chi connectivity index (χ4v) is 1.83. The van der Waals surface area contributed by atoms with E-state index in [0.29, 0.717) is 6.42 Å². The molecule has 0 spiro atoms. The van der Waals surface area contributed by atoms with Crippen LogP contribution in [0.1, 0.15) is 12.0 Å². The molecule has 0 aliphatic carbocycles. The first kappa shape index (κ1) is 17.6. The van der Waals surface area contributed by atoms with E-state index in [-0.39, 0.29) is 6.42 Å². The molecule has 0 aliphatic rings. The Morgan fingerprint density at radius 1 is 1.14 bits per heavy atom. The maximum atomic E-state index is 12.1. The minimum atomic E-state index is -1.12. The van der Waals surface area contributed by atoms with Crippen LogP contribution in [0.2, 0.25) is 0 Å². The number of methoxy groups -OCH3 is 2. The van der Waals surface area contributed by atoms with Gasteiger partial charge in [-0.05, 0) is 12.0 Å². The van der Waals surface area contributed by atoms with E-state index in [0.717, 1.165) is 5.56 Å². The van der Waals surface area contributed by atoms with Crippen molar-refractivity contribution in [2.75, 3.05) is 14.2 Å². The molecule has 0 unspecified atom stereocenters. The van der Waals surface area contributed by atoms with E-state index >= 15 is 0 Å². The summed E-state index contributed by atoms with van der Waals surface area (Å²) in [6, 6.07) is 7.28. The van der Waals surface area contributed by atoms with Crippen LogP contribution in [0.3, 0.4) is 0 Å². The molecule has 0 heterocycles. The second-order valence-corrected chi connectivity index (χ2v) is 4.66. The number of esters is 2. The summed E-state index contributed by atoms with van der Waals surface area (Å²) in [5.74, 6) is -1.90. The van der Waals surface area contributed by atoms with Gasteiger partial charge in [-0.1, -0.05) is 30.3 Å². The molecular formula is C15H20N2O5. The Morgan fingerprint density at radius 2 is 1.77 bits per heavy atom. The highest BCUT2D eigenvalue weighted by molar-refractivity contribution is 5.90. The molecule has 3 N–H and O–H groups in total. The molecule has 1 amide bonds. The summed E-state index contributed by atoms with van der Waals surface area (Å²) in [6.07, 6.45) is 0.00571. The van der Waals surface area contributed by atoms with Gasteiger partial charge >= 0.3 is 11.9 Å². The first-order valence-corrected chi connectivity index (χ1v) is 6.72. The van der Waals surface area contributed by atoms with E-state index < -0.39 is 29.9 Å². The largest absolute Gasteiger partial charge is 0.469 e. The molecule has 7 nitrogen and oxygen atoms in total. The number of hydrogen-bond acceptors (Lipinski definition) is 6. The van der Waals surface area contributed by atoms with Crippen molar-refractivity contribution in [3.8, 4) is 0 Å². The van der Waals surface area contributed by atoms with E-state index in [1.54, 1.807) is 0 Å². The lowest BCUT2D eigenvalue weighted by atomic mass is 10.1. The summed E-state index contributed by atoms with van der Waals surface area (Å²) in [4.78, 5) is 34.9. The summed E-state index contributed by atoms with van der Waals surface area (Å²) in [7, 11) is 2.36. The number of carbonyl (C=O) groups is 3. The van der Waals surface area contributed by atoms with Crippen LogP contribution in [-0.2, 0) is 30.3 Å². The van der Waals surface area contributed by atoms with Gasteiger partial charge in [0.1, 0.15) is 6.04 Å². The number of carbonyl (C=O) groups excluding carboxylic acids is 3. The zero-order valence-corrected chi connectivity index (χ0v) is 12.6. The Kier molecular flexibility index (Phi) is 7.04. The molecule has 0 radical (unpaired) electrons. The number of hydrogen-bond donors (Lipinski definition) is 2. The maximum absolute atomic E-state index is 12.1. The molecule has 22 heavy (non-hydrogen) atoms. The van der Waals surface area contributed by atoms with Crippen molar-refractivity contribution in [3.05, 3.63) is 35.9 Å². The second kappa shape index (κ2) is 8.78. The van der Waals surface area contributed by atoms with Gasteiger partial charge in [-0.15, -0.1) is 0 Å². The highest BCUT2D eigenvalue weighted by Gasteiger charge is 2.27. The molecular weight excluding hydrogens is 288 g/mol. The van der Waals surface area contributed by atoms with Crippen molar-refractivity contribution in [1.82, 2.24) is 5.32 Å². The smallest absolute Gasteiger partial charge is 0.328 e. The quantitative estimate of drug-likeness (QED) is 0.674. The van der Waals surface area contributed by atoms with Crippen molar-refractivity contribution in [1.29, 1.82) is 0 Å². The van der Waals surface area contributed by atoms with Crippen molar-refractivity contribution in [2.24, 2.45) is 5.73 Å². The number of rotatable bonds is 7. The van der Waals surface area contributed by atoms with Crippen molar-refractivity contribution >= 4 is 17.8 Å². The van der Waals surface area contributed by atoms with Gasteiger partial charge in [0.25, 0.3) is 0 Å². The van der Waals surface area contributed by atoms with Crippen LogP contribution >= 0.6 is 0 Å². The Morgan fingerprint density at radius 3 is 2.32 bits per heavy atom. The zero-order valence-electron chi connectivity index (χ0n) is 12.6. The first-order chi connectivity index (χ1) is 10.5. The van der Waals surface area contributed by atoms with Crippen LogP contribution in [0.4, 0.5) is 0 Å². The molecule has 0 aliphatic heterocycles. The molecule has 2 atom stereocenters. The van der Waals surface area contributed by atoms with E-state index in [2.05, 4.69) is 14.8 Å². The first-order valence-electron chi connectivity index (χ1n) is 6.72. The molecule has 0 fully saturated rings. The van der Waals surface area contributed by atoms with Crippen LogP contribution in [-0.4, -0.2) is 44.1 Å². The van der Waals surface area contributed by atoms with Crippen LogP contribution < -0.4 is 11.1 Å². The van der Waals surface area contributed by atoms with Gasteiger partial charge in [0.15, 0.2) is 0 Å². The highest BCUT2D eigenvalue weighted by atomic mass is 16.5. The Labute approximate surface area is 128 Å². The Bertz CT molecular complexity index is 518. The van der Waals surface area contributed by atoms with Gasteiger partial charge in [-0.2, -0.15) is 0 Å². The number of ether oxygens (including phenoxy) is 2. The SMILES string of the molecule is COC(=O)C[C@H](NC(=O)[C@H](N)Cc1ccccc1)C(=O)OC. The molecule has 7 heteroatoms. The minimum absolute atomic E-state index is 0.313. The predicted octanol–water partition coefficient (Wildman–Crippen LogP) is -0.223. The van der Waals surface area contributed by atoms with Gasteiger partial charge < -0.3 is 20.5 Å². The summed E-state index contributed by atoms with van der Waals surface area (Å²) in [6.45, 7) is 0. The maximum Gasteiger partial charge on any atom is 0.328 e. The monoisotopic (exact) mass is 308 g/mol. The topological polar surface area (TPSA) is 108 Å². The predicted molar refractivity (Wildman–Crippen MR) is 78.7 cm³/mol.